The molecule has 142 valence electrons. The molecule has 2 heterocycles. The molecule has 26 heavy (non-hydrogen) atoms. The zero-order valence-electron chi connectivity index (χ0n) is 15.8. The van der Waals surface area contributed by atoms with E-state index >= 15 is 0 Å². The van der Waals surface area contributed by atoms with Gasteiger partial charge in [-0.2, -0.15) is 0 Å². The number of ether oxygens (including phenoxy) is 2. The second-order valence-corrected chi connectivity index (χ2v) is 7.60. The van der Waals surface area contributed by atoms with Crippen LogP contribution < -0.4 is 0 Å². The van der Waals surface area contributed by atoms with Gasteiger partial charge in [-0.05, 0) is 44.4 Å². The molecule has 1 fully saturated rings. The molecule has 5 heteroatoms. The van der Waals surface area contributed by atoms with Gasteiger partial charge in [-0.3, -0.25) is 9.59 Å². The molecule has 5 nitrogen and oxygen atoms in total. The van der Waals surface area contributed by atoms with E-state index in [9.17, 15) is 14.7 Å². The summed E-state index contributed by atoms with van der Waals surface area (Å²) in [6.45, 7) is 5.89. The van der Waals surface area contributed by atoms with Gasteiger partial charge in [-0.1, -0.05) is 32.3 Å². The minimum absolute atomic E-state index is 0.184. The van der Waals surface area contributed by atoms with E-state index in [1.165, 1.54) is 0 Å². The monoisotopic (exact) mass is 360 g/mol. The van der Waals surface area contributed by atoms with Crippen LogP contribution in [0, 0.1) is 11.8 Å². The highest BCUT2D eigenvalue weighted by atomic mass is 16.6. The smallest absolute Gasteiger partial charge is 0.313 e. The van der Waals surface area contributed by atoms with Crippen molar-refractivity contribution in [1.82, 2.24) is 0 Å². The first-order chi connectivity index (χ1) is 12.4. The number of rotatable bonds is 6. The molecule has 0 aromatic carbocycles. The molecule has 0 saturated carbocycles. The fourth-order valence-corrected chi connectivity index (χ4v) is 4.34. The van der Waals surface area contributed by atoms with Crippen molar-refractivity contribution < 1.29 is 24.2 Å². The number of hydrogen-bond donors (Lipinski definition) is 1. The topological polar surface area (TPSA) is 72.8 Å². The minimum atomic E-state index is -1.19. The maximum absolute atomic E-state index is 13.1. The third kappa shape index (κ3) is 3.13. The van der Waals surface area contributed by atoms with Crippen molar-refractivity contribution in [2.45, 2.75) is 64.6 Å². The van der Waals surface area contributed by atoms with Crippen molar-refractivity contribution in [3.05, 3.63) is 35.1 Å². The van der Waals surface area contributed by atoms with Crippen molar-refractivity contribution >= 4 is 11.8 Å². The normalized spacial score (nSPS) is 32.1. The van der Waals surface area contributed by atoms with Crippen LogP contribution in [-0.4, -0.2) is 35.2 Å². The molecule has 1 aliphatic carbocycles. The van der Waals surface area contributed by atoms with Crippen molar-refractivity contribution in [2.24, 2.45) is 11.8 Å². The molecule has 2 aliphatic heterocycles. The largest absolute Gasteiger partial charge is 0.489 e. The van der Waals surface area contributed by atoms with Gasteiger partial charge in [-0.25, -0.2) is 0 Å². The number of unbranched alkanes of at least 4 members (excludes halogenated alkanes) is 2. The maximum atomic E-state index is 13.1. The molecule has 3 aliphatic rings. The molecule has 0 aromatic heterocycles. The van der Waals surface area contributed by atoms with E-state index in [1.54, 1.807) is 6.92 Å². The standard InChI is InChI=1S/C21H28O5/c1-4-6-7-9-17(22)18-16-11-13-10-14(8-5-2)25-12-15(13)19(23)21(16,3)26-20(18)24/h5,8,10,16-18,22H,4,6-7,9,11-12H2,1-3H3/b8-5+/t16-,17-,18+,21-/m1/s1. The van der Waals surface area contributed by atoms with Crippen molar-refractivity contribution in [2.75, 3.05) is 6.61 Å². The molecule has 0 bridgehead atoms. The average molecular weight is 360 g/mol. The number of hydrogen-bond acceptors (Lipinski definition) is 5. The predicted molar refractivity (Wildman–Crippen MR) is 97.1 cm³/mol. The number of ketones is 1. The summed E-state index contributed by atoms with van der Waals surface area (Å²) in [5.74, 6) is -0.896. The Kier molecular flexibility index (Phi) is 5.37. The van der Waals surface area contributed by atoms with Crippen molar-refractivity contribution in [1.29, 1.82) is 0 Å². The lowest BCUT2D eigenvalue weighted by molar-refractivity contribution is -0.158. The van der Waals surface area contributed by atoms with Crippen LogP contribution in [0.3, 0.4) is 0 Å². The van der Waals surface area contributed by atoms with Crippen LogP contribution in [0.25, 0.3) is 0 Å². The summed E-state index contributed by atoms with van der Waals surface area (Å²) in [7, 11) is 0. The number of aliphatic hydroxyl groups is 1. The number of aliphatic hydroxyl groups excluding tert-OH is 1. The predicted octanol–water partition coefficient (Wildman–Crippen LogP) is 3.24. The summed E-state index contributed by atoms with van der Waals surface area (Å²) in [6.07, 6.45) is 8.88. The Morgan fingerprint density at radius 1 is 1.38 bits per heavy atom. The molecule has 0 spiro atoms. The molecular weight excluding hydrogens is 332 g/mol. The lowest BCUT2D eigenvalue weighted by Gasteiger charge is -2.37. The summed E-state index contributed by atoms with van der Waals surface area (Å²) in [5, 5.41) is 10.6. The second-order valence-electron chi connectivity index (χ2n) is 7.60. The minimum Gasteiger partial charge on any atom is -0.489 e. The van der Waals surface area contributed by atoms with Gasteiger partial charge in [0.25, 0.3) is 0 Å². The zero-order chi connectivity index (χ0) is 18.9. The highest BCUT2D eigenvalue weighted by Crippen LogP contribution is 2.49. The van der Waals surface area contributed by atoms with Gasteiger partial charge in [0.05, 0.1) is 12.0 Å². The van der Waals surface area contributed by atoms with E-state index in [4.69, 9.17) is 9.47 Å². The fourth-order valence-electron chi connectivity index (χ4n) is 4.34. The Bertz CT molecular complexity index is 687. The fraction of sp³-hybridized carbons (Fsp3) is 0.619. The Labute approximate surface area is 154 Å². The molecule has 1 N–H and O–H groups in total. The van der Waals surface area contributed by atoms with E-state index < -0.39 is 23.6 Å². The number of carbonyl (C=O) groups is 2. The average Bonchev–Trinajstić information content (AvgIpc) is 2.86. The van der Waals surface area contributed by atoms with Crippen LogP contribution in [0.2, 0.25) is 0 Å². The Balaban J connectivity index is 1.88. The van der Waals surface area contributed by atoms with E-state index in [1.807, 2.05) is 25.2 Å². The third-order valence-corrected chi connectivity index (χ3v) is 5.83. The van der Waals surface area contributed by atoms with Gasteiger partial charge >= 0.3 is 5.97 Å². The number of Topliss-reactive ketones (excluding diaryl/α,β-unsaturated/α-hetero) is 1. The molecule has 3 rings (SSSR count). The van der Waals surface area contributed by atoms with Crippen LogP contribution in [0.5, 0.6) is 0 Å². The van der Waals surface area contributed by atoms with Crippen LogP contribution in [0.15, 0.2) is 35.1 Å². The SMILES string of the molecule is C/C=C/C1=CC2=C(CO1)C(=O)[C@]1(C)OC(=O)[C@H]([C@H](O)CCCCC)[C@H]1C2. The van der Waals surface area contributed by atoms with E-state index in [-0.39, 0.29) is 18.3 Å². The quantitative estimate of drug-likeness (QED) is 0.581. The maximum Gasteiger partial charge on any atom is 0.313 e. The van der Waals surface area contributed by atoms with Gasteiger partial charge in [0.2, 0.25) is 5.78 Å². The summed E-state index contributed by atoms with van der Waals surface area (Å²) >= 11 is 0. The third-order valence-electron chi connectivity index (χ3n) is 5.83. The van der Waals surface area contributed by atoms with Crippen LogP contribution >= 0.6 is 0 Å². The lowest BCUT2D eigenvalue weighted by atomic mass is 9.67. The van der Waals surface area contributed by atoms with Crippen LogP contribution in [-0.2, 0) is 19.1 Å². The molecule has 0 radical (unpaired) electrons. The first kappa shape index (κ1) is 18.9. The molecular formula is C21H28O5. The van der Waals surface area contributed by atoms with Crippen LogP contribution in [0.1, 0.15) is 52.9 Å². The number of carbonyl (C=O) groups excluding carboxylic acids is 2. The molecule has 0 amide bonds. The Morgan fingerprint density at radius 2 is 2.15 bits per heavy atom. The highest BCUT2D eigenvalue weighted by Gasteiger charge is 2.61. The van der Waals surface area contributed by atoms with Gasteiger partial charge in [0.15, 0.2) is 5.60 Å². The number of allylic oxidation sites excluding steroid dienone is 4. The number of esters is 1. The lowest BCUT2D eigenvalue weighted by Crippen LogP contribution is -2.48. The van der Waals surface area contributed by atoms with Crippen molar-refractivity contribution in [3.63, 3.8) is 0 Å². The summed E-state index contributed by atoms with van der Waals surface area (Å²) < 4.78 is 11.2. The highest BCUT2D eigenvalue weighted by molar-refractivity contribution is 6.07. The van der Waals surface area contributed by atoms with Gasteiger partial charge in [0, 0.05) is 11.5 Å². The molecule has 0 aromatic rings. The number of fused-ring (bicyclic) bond motifs is 1. The van der Waals surface area contributed by atoms with E-state index in [0.717, 1.165) is 24.8 Å². The molecule has 4 atom stereocenters. The first-order valence-corrected chi connectivity index (χ1v) is 9.57. The second kappa shape index (κ2) is 7.39. The Morgan fingerprint density at radius 3 is 2.85 bits per heavy atom. The molecule has 0 unspecified atom stereocenters. The first-order valence-electron chi connectivity index (χ1n) is 9.57. The van der Waals surface area contributed by atoms with Crippen LogP contribution in [0.4, 0.5) is 0 Å². The van der Waals surface area contributed by atoms with Gasteiger partial charge in [0.1, 0.15) is 12.4 Å². The summed E-state index contributed by atoms with van der Waals surface area (Å²) in [6, 6.07) is 0. The zero-order valence-corrected chi connectivity index (χ0v) is 15.8. The van der Waals surface area contributed by atoms with E-state index in [2.05, 4.69) is 6.92 Å². The van der Waals surface area contributed by atoms with Gasteiger partial charge in [-0.15, -0.1) is 0 Å². The summed E-state index contributed by atoms with van der Waals surface area (Å²) in [5.41, 5.74) is 0.300. The van der Waals surface area contributed by atoms with E-state index in [0.29, 0.717) is 24.2 Å². The van der Waals surface area contributed by atoms with Gasteiger partial charge < -0.3 is 14.6 Å². The Hall–Kier alpha value is -1.88. The van der Waals surface area contributed by atoms with Crippen molar-refractivity contribution in [3.8, 4) is 0 Å². The summed E-state index contributed by atoms with van der Waals surface area (Å²) in [4.78, 5) is 25.6. The molecule has 1 saturated heterocycles.